The third kappa shape index (κ3) is 3.19. The van der Waals surface area contributed by atoms with E-state index >= 15 is 0 Å². The van der Waals surface area contributed by atoms with E-state index < -0.39 is 17.8 Å². The molecule has 1 aromatic carbocycles. The summed E-state index contributed by atoms with van der Waals surface area (Å²) in [6.45, 7) is 3.41. The fraction of sp³-hybridized carbons (Fsp3) is 0.200. The summed E-state index contributed by atoms with van der Waals surface area (Å²) in [7, 11) is 1.24. The first-order valence-corrected chi connectivity index (χ1v) is 8.36. The van der Waals surface area contributed by atoms with E-state index in [0.717, 1.165) is 4.90 Å². The van der Waals surface area contributed by atoms with Gasteiger partial charge in [-0.1, -0.05) is 30.3 Å². The second-order valence-electron chi connectivity index (χ2n) is 5.72. The topological polar surface area (TPSA) is 85.8 Å². The second kappa shape index (κ2) is 7.41. The lowest BCUT2D eigenvalue weighted by atomic mass is 10.0. The molecular weight excluding hydrogens is 348 g/mol. The Hall–Kier alpha value is -3.48. The molecule has 0 spiro atoms. The molecule has 1 aromatic heterocycles. The summed E-state index contributed by atoms with van der Waals surface area (Å²) in [4.78, 5) is 42.1. The number of amides is 2. The lowest BCUT2D eigenvalue weighted by molar-refractivity contribution is -0.122. The molecule has 0 saturated carbocycles. The highest BCUT2D eigenvalue weighted by molar-refractivity contribution is 6.42. The van der Waals surface area contributed by atoms with Crippen molar-refractivity contribution in [2.45, 2.75) is 13.8 Å². The summed E-state index contributed by atoms with van der Waals surface area (Å²) in [6, 6.07) is 12.2. The van der Waals surface area contributed by atoms with Crippen LogP contribution >= 0.6 is 0 Å². The molecule has 0 radical (unpaired) electrons. The molecule has 1 aliphatic heterocycles. The van der Waals surface area contributed by atoms with Crippen molar-refractivity contribution in [1.29, 1.82) is 0 Å². The quantitative estimate of drug-likeness (QED) is 0.470. The number of carbonyl (C=O) groups is 3. The average Bonchev–Trinajstić information content (AvgIpc) is 2.97. The van der Waals surface area contributed by atoms with Gasteiger partial charge in [0.05, 0.1) is 19.3 Å². The highest BCUT2D eigenvalue weighted by Gasteiger charge is 2.40. The molecule has 0 N–H and O–H groups in total. The van der Waals surface area contributed by atoms with Crippen LogP contribution in [0, 0.1) is 0 Å². The standard InChI is InChI=1S/C20H18N2O5/c1-4-27-17(13-8-6-5-7-9-13)16-14-10-11-15(20(25)26-3)21-18(14)22(12(2)23)19(16)24/h5-11H,4H2,1-3H3/b17-16-. The normalized spacial score (nSPS) is 14.6. The van der Waals surface area contributed by atoms with Gasteiger partial charge in [-0.3, -0.25) is 9.59 Å². The lowest BCUT2D eigenvalue weighted by Gasteiger charge is -2.13. The smallest absolute Gasteiger partial charge is 0.356 e. The number of imide groups is 1. The number of aromatic nitrogens is 1. The van der Waals surface area contributed by atoms with Crippen LogP contribution in [0.15, 0.2) is 42.5 Å². The minimum atomic E-state index is -0.653. The summed E-state index contributed by atoms with van der Waals surface area (Å²) in [5.41, 5.74) is 1.37. The number of anilines is 1. The number of nitrogens with zero attached hydrogens (tertiary/aromatic N) is 2. The van der Waals surface area contributed by atoms with Crippen LogP contribution in [0.1, 0.15) is 35.5 Å². The van der Waals surface area contributed by atoms with Crippen molar-refractivity contribution in [3.8, 4) is 0 Å². The van der Waals surface area contributed by atoms with E-state index in [9.17, 15) is 14.4 Å². The molecule has 0 aliphatic carbocycles. The molecule has 7 heteroatoms. The van der Waals surface area contributed by atoms with Crippen molar-refractivity contribution in [3.05, 3.63) is 59.3 Å². The molecule has 0 fully saturated rings. The molecule has 2 heterocycles. The molecule has 3 rings (SSSR count). The van der Waals surface area contributed by atoms with Crippen LogP contribution in [0.2, 0.25) is 0 Å². The number of hydrogen-bond donors (Lipinski definition) is 0. The van der Waals surface area contributed by atoms with Gasteiger partial charge in [0, 0.05) is 18.1 Å². The third-order valence-electron chi connectivity index (χ3n) is 4.03. The van der Waals surface area contributed by atoms with Gasteiger partial charge in [0.1, 0.15) is 5.76 Å². The van der Waals surface area contributed by atoms with E-state index in [4.69, 9.17) is 4.74 Å². The minimum absolute atomic E-state index is 0.00854. The number of pyridine rings is 1. The van der Waals surface area contributed by atoms with Gasteiger partial charge in [-0.05, 0) is 19.1 Å². The fourth-order valence-electron chi connectivity index (χ4n) is 2.90. The van der Waals surface area contributed by atoms with Gasteiger partial charge >= 0.3 is 5.97 Å². The number of fused-ring (bicyclic) bond motifs is 1. The molecule has 0 atom stereocenters. The Balaban J connectivity index is 2.28. The number of rotatable bonds is 4. The van der Waals surface area contributed by atoms with E-state index in [2.05, 4.69) is 9.72 Å². The highest BCUT2D eigenvalue weighted by atomic mass is 16.5. The molecule has 1 aliphatic rings. The minimum Gasteiger partial charge on any atom is -0.492 e. The Morgan fingerprint density at radius 1 is 1.11 bits per heavy atom. The summed E-state index contributed by atoms with van der Waals surface area (Å²) in [5, 5.41) is 0. The van der Waals surface area contributed by atoms with Gasteiger partial charge in [0.25, 0.3) is 5.91 Å². The Kier molecular flexibility index (Phi) is 5.03. The zero-order valence-electron chi connectivity index (χ0n) is 15.2. The Bertz CT molecular complexity index is 950. The van der Waals surface area contributed by atoms with Crippen molar-refractivity contribution in [2.75, 3.05) is 18.6 Å². The first-order chi connectivity index (χ1) is 13.0. The summed E-state index contributed by atoms with van der Waals surface area (Å²) >= 11 is 0. The molecule has 2 amide bonds. The lowest BCUT2D eigenvalue weighted by Crippen LogP contribution is -2.32. The molecule has 138 valence electrons. The molecule has 27 heavy (non-hydrogen) atoms. The summed E-state index contributed by atoms with van der Waals surface area (Å²) < 4.78 is 10.4. The largest absolute Gasteiger partial charge is 0.492 e. The average molecular weight is 366 g/mol. The SMILES string of the molecule is CCO/C(=C1\C(=O)N(C(C)=O)c2nc(C(=O)OC)ccc21)c1ccccc1. The van der Waals surface area contributed by atoms with Crippen molar-refractivity contribution in [2.24, 2.45) is 0 Å². The zero-order valence-corrected chi connectivity index (χ0v) is 15.2. The van der Waals surface area contributed by atoms with Crippen molar-refractivity contribution in [3.63, 3.8) is 0 Å². The van der Waals surface area contributed by atoms with Crippen molar-refractivity contribution < 1.29 is 23.9 Å². The fourth-order valence-corrected chi connectivity index (χ4v) is 2.90. The molecule has 7 nitrogen and oxygen atoms in total. The number of ether oxygens (including phenoxy) is 2. The highest BCUT2D eigenvalue weighted by Crippen LogP contribution is 2.40. The van der Waals surface area contributed by atoms with Crippen LogP contribution in [0.3, 0.4) is 0 Å². The van der Waals surface area contributed by atoms with Gasteiger partial charge < -0.3 is 9.47 Å². The predicted octanol–water partition coefficient (Wildman–Crippen LogP) is 2.67. The van der Waals surface area contributed by atoms with Gasteiger partial charge in [-0.2, -0.15) is 0 Å². The van der Waals surface area contributed by atoms with Crippen LogP contribution < -0.4 is 4.90 Å². The first-order valence-electron chi connectivity index (χ1n) is 8.36. The van der Waals surface area contributed by atoms with E-state index in [-0.39, 0.29) is 17.1 Å². The van der Waals surface area contributed by atoms with E-state index in [1.807, 2.05) is 37.3 Å². The number of benzene rings is 1. The maximum atomic E-state index is 13.1. The molecule has 2 aromatic rings. The number of hydrogen-bond acceptors (Lipinski definition) is 6. The molecule has 0 saturated heterocycles. The third-order valence-corrected chi connectivity index (χ3v) is 4.03. The number of methoxy groups -OCH3 is 1. The maximum absolute atomic E-state index is 13.1. The van der Waals surface area contributed by atoms with Gasteiger partial charge in [0.15, 0.2) is 11.5 Å². The molecule has 0 unspecified atom stereocenters. The Labute approximate surface area is 156 Å². The van der Waals surface area contributed by atoms with Crippen LogP contribution in [0.25, 0.3) is 11.3 Å². The number of esters is 1. The summed E-state index contributed by atoms with van der Waals surface area (Å²) in [6.07, 6.45) is 0. The Morgan fingerprint density at radius 2 is 1.81 bits per heavy atom. The zero-order chi connectivity index (χ0) is 19.6. The first kappa shape index (κ1) is 18.3. The second-order valence-corrected chi connectivity index (χ2v) is 5.72. The van der Waals surface area contributed by atoms with Crippen LogP contribution in [-0.4, -0.2) is 36.5 Å². The van der Waals surface area contributed by atoms with E-state index in [1.54, 1.807) is 6.07 Å². The van der Waals surface area contributed by atoms with Gasteiger partial charge in [-0.15, -0.1) is 0 Å². The molecular formula is C20H18N2O5. The van der Waals surface area contributed by atoms with Crippen LogP contribution in [-0.2, 0) is 19.1 Å². The monoisotopic (exact) mass is 366 g/mol. The van der Waals surface area contributed by atoms with E-state index in [0.29, 0.717) is 23.5 Å². The summed E-state index contributed by atoms with van der Waals surface area (Å²) in [5.74, 6) is -1.24. The van der Waals surface area contributed by atoms with Gasteiger partial charge in [-0.25, -0.2) is 14.7 Å². The Morgan fingerprint density at radius 3 is 2.41 bits per heavy atom. The number of carbonyl (C=O) groups excluding carboxylic acids is 3. The van der Waals surface area contributed by atoms with Gasteiger partial charge in [0.2, 0.25) is 5.91 Å². The molecule has 0 bridgehead atoms. The predicted molar refractivity (Wildman–Crippen MR) is 98.6 cm³/mol. The van der Waals surface area contributed by atoms with Crippen LogP contribution in [0.4, 0.5) is 5.82 Å². The van der Waals surface area contributed by atoms with Crippen molar-refractivity contribution in [1.82, 2.24) is 4.98 Å². The van der Waals surface area contributed by atoms with E-state index in [1.165, 1.54) is 20.1 Å². The maximum Gasteiger partial charge on any atom is 0.356 e. The van der Waals surface area contributed by atoms with Crippen molar-refractivity contribution >= 4 is 34.9 Å². The van der Waals surface area contributed by atoms with Crippen LogP contribution in [0.5, 0.6) is 0 Å².